The van der Waals surface area contributed by atoms with Crippen molar-refractivity contribution < 1.29 is 13.2 Å². The molecule has 108 valence electrons. The van der Waals surface area contributed by atoms with Crippen molar-refractivity contribution in [2.24, 2.45) is 0 Å². The summed E-state index contributed by atoms with van der Waals surface area (Å²) in [6.07, 6.45) is 0. The van der Waals surface area contributed by atoms with Crippen molar-refractivity contribution in [3.63, 3.8) is 0 Å². The number of ketones is 1. The zero-order valence-electron chi connectivity index (χ0n) is 11.0. The fraction of sp³-hybridized carbons (Fsp3) is 0.133. The molecule has 3 rings (SSSR count). The Morgan fingerprint density at radius 1 is 1.05 bits per heavy atom. The standard InChI is InChI=1S/C15H12ClNO3S/c16-13-7-3-1-5-11(13)9-17-14-8-4-2-6-12(14)15(18)10-21(17,19)20/h1-8H,9-10H2. The quantitative estimate of drug-likeness (QED) is 0.854. The molecule has 0 spiro atoms. The molecule has 0 unspecified atom stereocenters. The SMILES string of the molecule is O=C1CS(=O)(=O)N(Cc2ccccc2Cl)c2ccccc21. The third kappa shape index (κ3) is 2.54. The summed E-state index contributed by atoms with van der Waals surface area (Å²) in [5.74, 6) is -0.880. The van der Waals surface area contributed by atoms with Gasteiger partial charge in [-0.05, 0) is 23.8 Å². The van der Waals surface area contributed by atoms with E-state index in [0.29, 0.717) is 21.8 Å². The largest absolute Gasteiger partial charge is 0.293 e. The summed E-state index contributed by atoms with van der Waals surface area (Å²) >= 11 is 6.10. The Morgan fingerprint density at radius 3 is 2.48 bits per heavy atom. The van der Waals surface area contributed by atoms with Gasteiger partial charge in [0.2, 0.25) is 10.0 Å². The van der Waals surface area contributed by atoms with Crippen LogP contribution in [0.15, 0.2) is 48.5 Å². The van der Waals surface area contributed by atoms with Crippen LogP contribution in [0, 0.1) is 0 Å². The second-order valence-electron chi connectivity index (χ2n) is 4.79. The van der Waals surface area contributed by atoms with Crippen molar-refractivity contribution in [1.29, 1.82) is 0 Å². The zero-order chi connectivity index (χ0) is 15.0. The normalized spacial score (nSPS) is 16.6. The molecular formula is C15H12ClNO3S. The molecule has 1 aliphatic rings. The first-order valence-electron chi connectivity index (χ1n) is 6.35. The highest BCUT2D eigenvalue weighted by Gasteiger charge is 2.34. The third-order valence-electron chi connectivity index (χ3n) is 3.39. The van der Waals surface area contributed by atoms with Crippen molar-refractivity contribution in [3.8, 4) is 0 Å². The van der Waals surface area contributed by atoms with Crippen molar-refractivity contribution in [1.82, 2.24) is 0 Å². The van der Waals surface area contributed by atoms with E-state index in [1.54, 1.807) is 48.5 Å². The molecule has 0 aromatic heterocycles. The number of Topliss-reactive ketones (excluding diaryl/α,β-unsaturated/α-hetero) is 1. The van der Waals surface area contributed by atoms with E-state index >= 15 is 0 Å². The summed E-state index contributed by atoms with van der Waals surface area (Å²) in [5.41, 5.74) is 1.54. The first-order valence-corrected chi connectivity index (χ1v) is 8.34. The second-order valence-corrected chi connectivity index (χ2v) is 7.10. The predicted molar refractivity (Wildman–Crippen MR) is 82.2 cm³/mol. The van der Waals surface area contributed by atoms with E-state index in [0.717, 1.165) is 0 Å². The van der Waals surface area contributed by atoms with Gasteiger partial charge in [0.25, 0.3) is 0 Å². The van der Waals surface area contributed by atoms with Gasteiger partial charge in [-0.2, -0.15) is 0 Å². The first kappa shape index (κ1) is 14.1. The number of benzene rings is 2. The van der Waals surface area contributed by atoms with Gasteiger partial charge in [-0.15, -0.1) is 0 Å². The van der Waals surface area contributed by atoms with Crippen LogP contribution in [0.1, 0.15) is 15.9 Å². The van der Waals surface area contributed by atoms with Gasteiger partial charge in [-0.1, -0.05) is 41.9 Å². The van der Waals surface area contributed by atoms with Crippen LogP contribution in [-0.2, 0) is 16.6 Å². The lowest BCUT2D eigenvalue weighted by Crippen LogP contribution is -2.40. The molecule has 1 heterocycles. The topological polar surface area (TPSA) is 54.5 Å². The fourth-order valence-corrected chi connectivity index (χ4v) is 4.00. The van der Waals surface area contributed by atoms with Gasteiger partial charge in [0.05, 0.1) is 12.2 Å². The van der Waals surface area contributed by atoms with Gasteiger partial charge < -0.3 is 0 Å². The van der Waals surface area contributed by atoms with Crippen LogP contribution < -0.4 is 4.31 Å². The lowest BCUT2D eigenvalue weighted by Gasteiger charge is -2.30. The molecule has 4 nitrogen and oxygen atoms in total. The number of para-hydroxylation sites is 1. The van der Waals surface area contributed by atoms with Gasteiger partial charge in [0.1, 0.15) is 5.75 Å². The zero-order valence-corrected chi connectivity index (χ0v) is 12.6. The first-order chi connectivity index (χ1) is 9.99. The highest BCUT2D eigenvalue weighted by atomic mass is 35.5. The summed E-state index contributed by atoms with van der Waals surface area (Å²) in [6, 6.07) is 13.8. The number of fused-ring (bicyclic) bond motifs is 1. The van der Waals surface area contributed by atoms with Gasteiger partial charge in [-0.25, -0.2) is 8.42 Å². The van der Waals surface area contributed by atoms with E-state index in [9.17, 15) is 13.2 Å². The molecular weight excluding hydrogens is 310 g/mol. The van der Waals surface area contributed by atoms with Crippen molar-refractivity contribution in [2.45, 2.75) is 6.54 Å². The Hall–Kier alpha value is -1.85. The second kappa shape index (κ2) is 5.16. The molecule has 0 saturated carbocycles. The van der Waals surface area contributed by atoms with E-state index in [-0.39, 0.29) is 12.3 Å². The minimum atomic E-state index is -3.68. The third-order valence-corrected chi connectivity index (χ3v) is 5.39. The van der Waals surface area contributed by atoms with Crippen LogP contribution in [0.3, 0.4) is 0 Å². The van der Waals surface area contributed by atoms with Crippen LogP contribution in [-0.4, -0.2) is 20.0 Å². The number of carbonyl (C=O) groups is 1. The van der Waals surface area contributed by atoms with Crippen LogP contribution in [0.4, 0.5) is 5.69 Å². The molecule has 0 bridgehead atoms. The maximum atomic E-state index is 12.3. The number of hydrogen-bond donors (Lipinski definition) is 0. The summed E-state index contributed by atoms with van der Waals surface area (Å²) in [6.45, 7) is 0.117. The minimum absolute atomic E-state index is 0.117. The molecule has 0 atom stereocenters. The molecule has 2 aromatic rings. The molecule has 0 N–H and O–H groups in total. The molecule has 6 heteroatoms. The summed E-state index contributed by atoms with van der Waals surface area (Å²) in [5, 5.41) is 0.502. The van der Waals surface area contributed by atoms with E-state index in [1.807, 2.05) is 0 Å². The van der Waals surface area contributed by atoms with E-state index in [2.05, 4.69) is 0 Å². The van der Waals surface area contributed by atoms with Gasteiger partial charge in [0.15, 0.2) is 5.78 Å². The van der Waals surface area contributed by atoms with Crippen LogP contribution >= 0.6 is 11.6 Å². The van der Waals surface area contributed by atoms with Crippen LogP contribution in [0.5, 0.6) is 0 Å². The van der Waals surface area contributed by atoms with Gasteiger partial charge in [0, 0.05) is 10.6 Å². The number of sulfonamides is 1. The molecule has 21 heavy (non-hydrogen) atoms. The van der Waals surface area contributed by atoms with E-state index in [4.69, 9.17) is 11.6 Å². The average molecular weight is 322 g/mol. The molecule has 0 aliphatic carbocycles. The van der Waals surface area contributed by atoms with Crippen molar-refractivity contribution in [3.05, 3.63) is 64.7 Å². The van der Waals surface area contributed by atoms with E-state index < -0.39 is 15.8 Å². The molecule has 0 amide bonds. The number of halogens is 1. The summed E-state index contributed by atoms with van der Waals surface area (Å²) in [7, 11) is -3.68. The monoisotopic (exact) mass is 321 g/mol. The lowest BCUT2D eigenvalue weighted by molar-refractivity contribution is 0.102. The number of anilines is 1. The highest BCUT2D eigenvalue weighted by molar-refractivity contribution is 7.93. The van der Waals surface area contributed by atoms with Crippen LogP contribution in [0.25, 0.3) is 0 Å². The summed E-state index contributed by atoms with van der Waals surface area (Å²) in [4.78, 5) is 11.9. The van der Waals surface area contributed by atoms with Crippen molar-refractivity contribution >= 4 is 33.1 Å². The van der Waals surface area contributed by atoms with Gasteiger partial charge in [-0.3, -0.25) is 9.10 Å². The fourth-order valence-electron chi connectivity index (χ4n) is 2.36. The maximum Gasteiger partial charge on any atom is 0.243 e. The molecule has 0 radical (unpaired) electrons. The van der Waals surface area contributed by atoms with Crippen LogP contribution in [0.2, 0.25) is 5.02 Å². The highest BCUT2D eigenvalue weighted by Crippen LogP contribution is 2.31. The molecule has 0 saturated heterocycles. The minimum Gasteiger partial charge on any atom is -0.293 e. The summed E-state index contributed by atoms with van der Waals surface area (Å²) < 4.78 is 25.9. The maximum absolute atomic E-state index is 12.3. The Bertz CT molecular complexity index is 817. The van der Waals surface area contributed by atoms with Crippen molar-refractivity contribution in [2.75, 3.05) is 10.1 Å². The van der Waals surface area contributed by atoms with E-state index in [1.165, 1.54) is 4.31 Å². The molecule has 0 fully saturated rings. The number of carbonyl (C=O) groups excluding carboxylic acids is 1. The number of nitrogens with zero attached hydrogens (tertiary/aromatic N) is 1. The Labute approximate surface area is 128 Å². The molecule has 2 aromatic carbocycles. The molecule has 1 aliphatic heterocycles. The Balaban J connectivity index is 2.10. The smallest absolute Gasteiger partial charge is 0.243 e. The Morgan fingerprint density at radius 2 is 1.71 bits per heavy atom. The van der Waals surface area contributed by atoms with Gasteiger partial charge >= 0.3 is 0 Å². The number of hydrogen-bond acceptors (Lipinski definition) is 3. The number of rotatable bonds is 2. The lowest BCUT2D eigenvalue weighted by atomic mass is 10.1. The predicted octanol–water partition coefficient (Wildman–Crippen LogP) is 2.87. The Kier molecular flexibility index (Phi) is 3.47. The average Bonchev–Trinajstić information content (AvgIpc) is 2.45.